The van der Waals surface area contributed by atoms with E-state index in [4.69, 9.17) is 14.6 Å². The summed E-state index contributed by atoms with van der Waals surface area (Å²) in [6.45, 7) is 2.35. The molecule has 0 aromatic heterocycles. The number of carboxylic acid groups (broad SMARTS) is 1. The van der Waals surface area contributed by atoms with E-state index in [1.807, 2.05) is 24.3 Å². The van der Waals surface area contributed by atoms with Gasteiger partial charge in [0.15, 0.2) is 17.6 Å². The van der Waals surface area contributed by atoms with E-state index in [2.05, 4.69) is 5.32 Å². The number of rotatable bonds is 5. The van der Waals surface area contributed by atoms with E-state index in [0.717, 1.165) is 0 Å². The molecule has 1 aliphatic rings. The summed E-state index contributed by atoms with van der Waals surface area (Å²) in [5.74, 6) is -0.199. The van der Waals surface area contributed by atoms with Crippen LogP contribution in [0.1, 0.15) is 6.92 Å². The van der Waals surface area contributed by atoms with E-state index in [9.17, 15) is 9.59 Å². The van der Waals surface area contributed by atoms with Gasteiger partial charge in [-0.1, -0.05) is 19.1 Å². The molecule has 0 saturated heterocycles. The van der Waals surface area contributed by atoms with Crippen LogP contribution >= 0.6 is 0 Å². The molecule has 2 amide bonds. The highest BCUT2D eigenvalue weighted by atomic mass is 16.6. The molecule has 0 saturated carbocycles. The highest BCUT2D eigenvalue weighted by Gasteiger charge is 2.22. The minimum absolute atomic E-state index is 0.145. The Morgan fingerprint density at radius 1 is 1.41 bits per heavy atom. The third-order valence-electron chi connectivity index (χ3n) is 3.36. The van der Waals surface area contributed by atoms with Crippen molar-refractivity contribution >= 4 is 12.0 Å². The van der Waals surface area contributed by atoms with Gasteiger partial charge in [-0.15, -0.1) is 0 Å². The van der Waals surface area contributed by atoms with Gasteiger partial charge < -0.3 is 24.8 Å². The number of urea groups is 1. The fraction of sp³-hybridized carbons (Fsp3) is 0.467. The van der Waals surface area contributed by atoms with Crippen LogP contribution < -0.4 is 14.8 Å². The number of aliphatic carboxylic acids is 1. The fourth-order valence-corrected chi connectivity index (χ4v) is 2.07. The Labute approximate surface area is 128 Å². The summed E-state index contributed by atoms with van der Waals surface area (Å²) in [4.78, 5) is 24.0. The summed E-state index contributed by atoms with van der Waals surface area (Å²) in [7, 11) is 1.56. The fourth-order valence-electron chi connectivity index (χ4n) is 2.07. The summed E-state index contributed by atoms with van der Waals surface area (Å²) < 4.78 is 11.3. The van der Waals surface area contributed by atoms with Crippen LogP contribution in [0.5, 0.6) is 11.5 Å². The molecule has 2 rings (SSSR count). The van der Waals surface area contributed by atoms with E-state index < -0.39 is 11.9 Å². The molecule has 2 unspecified atom stereocenters. The first kappa shape index (κ1) is 15.9. The van der Waals surface area contributed by atoms with Gasteiger partial charge >= 0.3 is 12.0 Å². The van der Waals surface area contributed by atoms with Crippen LogP contribution in [0.15, 0.2) is 24.3 Å². The zero-order chi connectivity index (χ0) is 16.1. The maximum Gasteiger partial charge on any atom is 0.317 e. The summed E-state index contributed by atoms with van der Waals surface area (Å²) in [5.41, 5.74) is 0. The minimum atomic E-state index is -0.930. The molecule has 7 nitrogen and oxygen atoms in total. The lowest BCUT2D eigenvalue weighted by Crippen LogP contribution is -2.46. The molecule has 22 heavy (non-hydrogen) atoms. The molecule has 0 aliphatic carbocycles. The zero-order valence-electron chi connectivity index (χ0n) is 12.6. The Morgan fingerprint density at radius 3 is 2.77 bits per heavy atom. The van der Waals surface area contributed by atoms with E-state index in [1.54, 1.807) is 14.0 Å². The summed E-state index contributed by atoms with van der Waals surface area (Å²) >= 11 is 0. The van der Waals surface area contributed by atoms with Gasteiger partial charge in [0.25, 0.3) is 0 Å². The lowest BCUT2D eigenvalue weighted by molar-refractivity contribution is -0.141. The number of hydrogen-bond donors (Lipinski definition) is 2. The van der Waals surface area contributed by atoms with Crippen molar-refractivity contribution in [1.29, 1.82) is 0 Å². The lowest BCUT2D eigenvalue weighted by Gasteiger charge is -2.27. The van der Waals surface area contributed by atoms with Crippen LogP contribution in [-0.4, -0.2) is 54.9 Å². The maximum absolute atomic E-state index is 11.9. The van der Waals surface area contributed by atoms with Crippen molar-refractivity contribution in [2.75, 3.05) is 26.7 Å². The number of nitrogens with zero attached hydrogens (tertiary/aromatic N) is 1. The average Bonchev–Trinajstić information content (AvgIpc) is 2.52. The molecule has 0 fully saturated rings. The molecule has 1 aliphatic heterocycles. The normalized spacial score (nSPS) is 17.5. The Balaban J connectivity index is 1.79. The number of ether oxygens (including phenoxy) is 2. The van der Waals surface area contributed by atoms with E-state index in [1.165, 1.54) is 4.90 Å². The number of fused-ring (bicyclic) bond motifs is 1. The van der Waals surface area contributed by atoms with Gasteiger partial charge in [0.1, 0.15) is 6.61 Å². The van der Waals surface area contributed by atoms with Crippen LogP contribution in [0.4, 0.5) is 4.79 Å². The number of para-hydroxylation sites is 2. The number of nitrogens with one attached hydrogen (secondary N) is 1. The SMILES string of the molecule is CC(CN(C)C(=O)NCC1COc2ccccc2O1)C(=O)O. The number of carboxylic acids is 1. The number of amides is 2. The minimum Gasteiger partial charge on any atom is -0.486 e. The van der Waals surface area contributed by atoms with Gasteiger partial charge in [-0.2, -0.15) is 0 Å². The number of benzene rings is 1. The first-order chi connectivity index (χ1) is 10.5. The van der Waals surface area contributed by atoms with Crippen LogP contribution in [0.3, 0.4) is 0 Å². The summed E-state index contributed by atoms with van der Waals surface area (Å²) in [6.07, 6.45) is -0.274. The standard InChI is InChI=1S/C15H20N2O5/c1-10(14(18)19)8-17(2)15(20)16-7-11-9-21-12-5-3-4-6-13(12)22-11/h3-6,10-11H,7-9H2,1-2H3,(H,16,20)(H,18,19). The topological polar surface area (TPSA) is 88.1 Å². The molecule has 0 bridgehead atoms. The summed E-state index contributed by atoms with van der Waals surface area (Å²) in [5, 5.41) is 11.6. The molecule has 7 heteroatoms. The van der Waals surface area contributed by atoms with Crippen molar-refractivity contribution in [3.63, 3.8) is 0 Å². The van der Waals surface area contributed by atoms with Crippen molar-refractivity contribution in [2.24, 2.45) is 5.92 Å². The average molecular weight is 308 g/mol. The Morgan fingerprint density at radius 2 is 2.09 bits per heavy atom. The van der Waals surface area contributed by atoms with Crippen molar-refractivity contribution in [3.05, 3.63) is 24.3 Å². The highest BCUT2D eigenvalue weighted by Crippen LogP contribution is 2.30. The number of carbonyl (C=O) groups is 2. The van der Waals surface area contributed by atoms with Crippen LogP contribution in [-0.2, 0) is 4.79 Å². The van der Waals surface area contributed by atoms with Crippen LogP contribution in [0.2, 0.25) is 0 Å². The van der Waals surface area contributed by atoms with Gasteiger partial charge in [-0.25, -0.2) is 4.79 Å². The molecular weight excluding hydrogens is 288 g/mol. The molecular formula is C15H20N2O5. The van der Waals surface area contributed by atoms with Gasteiger partial charge in [0.05, 0.1) is 12.5 Å². The van der Waals surface area contributed by atoms with Crippen molar-refractivity contribution < 1.29 is 24.2 Å². The third kappa shape index (κ3) is 4.03. The van der Waals surface area contributed by atoms with Crippen LogP contribution in [0.25, 0.3) is 0 Å². The number of hydrogen-bond acceptors (Lipinski definition) is 4. The maximum atomic E-state index is 11.9. The Kier molecular flexibility index (Phi) is 5.08. The molecule has 0 radical (unpaired) electrons. The number of carbonyl (C=O) groups excluding carboxylic acids is 1. The third-order valence-corrected chi connectivity index (χ3v) is 3.36. The van der Waals surface area contributed by atoms with Crippen LogP contribution in [0, 0.1) is 5.92 Å². The first-order valence-corrected chi connectivity index (χ1v) is 7.07. The molecule has 1 aromatic rings. The zero-order valence-corrected chi connectivity index (χ0v) is 12.6. The molecule has 2 atom stereocenters. The predicted molar refractivity (Wildman–Crippen MR) is 79.2 cm³/mol. The lowest BCUT2D eigenvalue weighted by atomic mass is 10.2. The smallest absolute Gasteiger partial charge is 0.317 e. The van der Waals surface area contributed by atoms with E-state index >= 15 is 0 Å². The van der Waals surface area contributed by atoms with E-state index in [0.29, 0.717) is 24.7 Å². The quantitative estimate of drug-likeness (QED) is 0.853. The molecule has 1 heterocycles. The second kappa shape index (κ2) is 7.02. The van der Waals surface area contributed by atoms with Crippen molar-refractivity contribution in [1.82, 2.24) is 10.2 Å². The Bertz CT molecular complexity index is 548. The van der Waals surface area contributed by atoms with Gasteiger partial charge in [0.2, 0.25) is 0 Å². The second-order valence-corrected chi connectivity index (χ2v) is 5.30. The van der Waals surface area contributed by atoms with Crippen molar-refractivity contribution in [2.45, 2.75) is 13.0 Å². The summed E-state index contributed by atoms with van der Waals surface area (Å²) in [6, 6.07) is 7.01. The van der Waals surface area contributed by atoms with Crippen molar-refractivity contribution in [3.8, 4) is 11.5 Å². The predicted octanol–water partition coefficient (Wildman–Crippen LogP) is 1.19. The van der Waals surface area contributed by atoms with Gasteiger partial charge in [-0.05, 0) is 12.1 Å². The van der Waals surface area contributed by atoms with Gasteiger partial charge in [-0.3, -0.25) is 4.79 Å². The molecule has 120 valence electrons. The van der Waals surface area contributed by atoms with Gasteiger partial charge in [0, 0.05) is 13.6 Å². The Hall–Kier alpha value is -2.44. The molecule has 0 spiro atoms. The largest absolute Gasteiger partial charge is 0.486 e. The highest BCUT2D eigenvalue weighted by molar-refractivity contribution is 5.75. The second-order valence-electron chi connectivity index (χ2n) is 5.30. The first-order valence-electron chi connectivity index (χ1n) is 7.07. The monoisotopic (exact) mass is 308 g/mol. The molecule has 1 aromatic carbocycles. The van der Waals surface area contributed by atoms with E-state index in [-0.39, 0.29) is 18.7 Å². The molecule has 2 N–H and O–H groups in total.